The summed E-state index contributed by atoms with van der Waals surface area (Å²) in [4.78, 5) is 27.4. The number of hydrogen-bond acceptors (Lipinski definition) is 3. The third-order valence-corrected chi connectivity index (χ3v) is 3.34. The summed E-state index contributed by atoms with van der Waals surface area (Å²) in [6.45, 7) is 0.267. The molecule has 0 aliphatic carbocycles. The molecule has 0 spiro atoms. The van der Waals surface area contributed by atoms with Crippen molar-refractivity contribution in [3.63, 3.8) is 0 Å². The lowest BCUT2D eigenvalue weighted by Crippen LogP contribution is -2.21. The van der Waals surface area contributed by atoms with E-state index in [1.54, 1.807) is 12.1 Å². The van der Waals surface area contributed by atoms with Crippen molar-refractivity contribution in [3.05, 3.63) is 76.1 Å². The minimum Gasteiger partial charge on any atom is -0.478 e. The number of nitrogens with zero attached hydrogens (tertiary/aromatic N) is 2. The van der Waals surface area contributed by atoms with Gasteiger partial charge >= 0.3 is 5.97 Å². The maximum absolute atomic E-state index is 12.9. The van der Waals surface area contributed by atoms with Crippen LogP contribution in [0.15, 0.2) is 53.6 Å². The SMILES string of the molecule is O=C(O)c1ccc2c(=O)n(Cc3ccc(F)cc3)cnc2c1. The summed E-state index contributed by atoms with van der Waals surface area (Å²) in [5.41, 5.74) is 0.911. The lowest BCUT2D eigenvalue weighted by Gasteiger charge is -2.07. The lowest BCUT2D eigenvalue weighted by molar-refractivity contribution is 0.0697. The van der Waals surface area contributed by atoms with Gasteiger partial charge in [-0.05, 0) is 35.9 Å². The molecule has 0 radical (unpaired) electrons. The number of aromatic carboxylic acids is 1. The molecule has 0 atom stereocenters. The van der Waals surface area contributed by atoms with Crippen LogP contribution < -0.4 is 5.56 Å². The van der Waals surface area contributed by atoms with Gasteiger partial charge in [0.2, 0.25) is 0 Å². The Hall–Kier alpha value is -3.02. The van der Waals surface area contributed by atoms with Crippen molar-refractivity contribution in [3.8, 4) is 0 Å². The number of carboxylic acid groups (broad SMARTS) is 1. The van der Waals surface area contributed by atoms with Crippen molar-refractivity contribution in [1.29, 1.82) is 0 Å². The van der Waals surface area contributed by atoms with E-state index in [-0.39, 0.29) is 23.5 Å². The van der Waals surface area contributed by atoms with Crippen LogP contribution in [0.5, 0.6) is 0 Å². The Morgan fingerprint density at radius 1 is 1.18 bits per heavy atom. The van der Waals surface area contributed by atoms with E-state index in [9.17, 15) is 14.0 Å². The minimum absolute atomic E-state index is 0.0793. The Morgan fingerprint density at radius 2 is 1.91 bits per heavy atom. The van der Waals surface area contributed by atoms with Gasteiger partial charge in [-0.3, -0.25) is 9.36 Å². The molecular weight excluding hydrogens is 287 g/mol. The molecule has 3 aromatic rings. The number of aromatic nitrogens is 2. The Bertz CT molecular complexity index is 917. The lowest BCUT2D eigenvalue weighted by atomic mass is 10.1. The molecule has 22 heavy (non-hydrogen) atoms. The first kappa shape index (κ1) is 13.9. The largest absolute Gasteiger partial charge is 0.478 e. The van der Waals surface area contributed by atoms with Crippen molar-refractivity contribution in [2.75, 3.05) is 0 Å². The average molecular weight is 298 g/mol. The van der Waals surface area contributed by atoms with Gasteiger partial charge in [-0.1, -0.05) is 12.1 Å². The van der Waals surface area contributed by atoms with Gasteiger partial charge in [0, 0.05) is 0 Å². The molecule has 0 bridgehead atoms. The van der Waals surface area contributed by atoms with Gasteiger partial charge in [0.05, 0.1) is 29.3 Å². The van der Waals surface area contributed by atoms with Crippen molar-refractivity contribution < 1.29 is 14.3 Å². The fourth-order valence-electron chi connectivity index (χ4n) is 2.19. The van der Waals surface area contributed by atoms with Gasteiger partial charge in [0.15, 0.2) is 0 Å². The van der Waals surface area contributed by atoms with Crippen LogP contribution in [-0.2, 0) is 6.54 Å². The first-order valence-corrected chi connectivity index (χ1v) is 6.51. The highest BCUT2D eigenvalue weighted by molar-refractivity contribution is 5.92. The van der Waals surface area contributed by atoms with Crippen molar-refractivity contribution in [2.24, 2.45) is 0 Å². The normalized spacial score (nSPS) is 10.8. The summed E-state index contributed by atoms with van der Waals surface area (Å²) in [7, 11) is 0. The zero-order chi connectivity index (χ0) is 15.7. The van der Waals surface area contributed by atoms with Crippen molar-refractivity contribution in [2.45, 2.75) is 6.54 Å². The van der Waals surface area contributed by atoms with E-state index >= 15 is 0 Å². The number of benzene rings is 2. The Labute approximate surface area is 124 Å². The molecule has 1 N–H and O–H groups in total. The third-order valence-electron chi connectivity index (χ3n) is 3.34. The molecule has 0 saturated carbocycles. The van der Waals surface area contributed by atoms with Crippen molar-refractivity contribution >= 4 is 16.9 Å². The van der Waals surface area contributed by atoms with Crippen LogP contribution in [0.2, 0.25) is 0 Å². The number of rotatable bonds is 3. The molecule has 0 aliphatic rings. The summed E-state index contributed by atoms with van der Waals surface area (Å²) in [5, 5.41) is 9.29. The summed E-state index contributed by atoms with van der Waals surface area (Å²) >= 11 is 0. The summed E-state index contributed by atoms with van der Waals surface area (Å²) in [6, 6.07) is 10.0. The second-order valence-corrected chi connectivity index (χ2v) is 4.84. The fraction of sp³-hybridized carbons (Fsp3) is 0.0625. The predicted octanol–water partition coefficient (Wildman–Crippen LogP) is 2.28. The van der Waals surface area contributed by atoms with E-state index in [1.165, 1.54) is 41.2 Å². The first-order chi connectivity index (χ1) is 10.5. The fourth-order valence-corrected chi connectivity index (χ4v) is 2.19. The summed E-state index contributed by atoms with van der Waals surface area (Å²) in [5.74, 6) is -1.41. The van der Waals surface area contributed by atoms with Crippen LogP contribution in [0.3, 0.4) is 0 Å². The van der Waals surface area contributed by atoms with Gasteiger partial charge < -0.3 is 5.11 Å². The number of carbonyl (C=O) groups is 1. The molecule has 110 valence electrons. The highest BCUT2D eigenvalue weighted by atomic mass is 19.1. The predicted molar refractivity (Wildman–Crippen MR) is 78.5 cm³/mol. The maximum Gasteiger partial charge on any atom is 0.335 e. The summed E-state index contributed by atoms with van der Waals surface area (Å²) in [6.07, 6.45) is 1.36. The highest BCUT2D eigenvalue weighted by Gasteiger charge is 2.08. The van der Waals surface area contributed by atoms with Gasteiger partial charge in [0.1, 0.15) is 5.82 Å². The van der Waals surface area contributed by atoms with Gasteiger partial charge in [-0.2, -0.15) is 0 Å². The van der Waals surface area contributed by atoms with E-state index in [0.29, 0.717) is 10.9 Å². The molecule has 0 saturated heterocycles. The van der Waals surface area contributed by atoms with E-state index in [4.69, 9.17) is 5.11 Å². The molecule has 1 aromatic heterocycles. The molecule has 2 aromatic carbocycles. The number of carboxylic acids is 1. The Balaban J connectivity index is 2.03. The van der Waals surface area contributed by atoms with Gasteiger partial charge in [-0.15, -0.1) is 0 Å². The molecule has 0 fully saturated rings. The molecule has 6 heteroatoms. The smallest absolute Gasteiger partial charge is 0.335 e. The molecule has 5 nitrogen and oxygen atoms in total. The minimum atomic E-state index is -1.07. The Morgan fingerprint density at radius 3 is 2.59 bits per heavy atom. The quantitative estimate of drug-likeness (QED) is 0.805. The van der Waals surface area contributed by atoms with Crippen LogP contribution in [0, 0.1) is 5.82 Å². The zero-order valence-corrected chi connectivity index (χ0v) is 11.4. The summed E-state index contributed by atoms with van der Waals surface area (Å²) < 4.78 is 14.3. The number of fused-ring (bicyclic) bond motifs is 1. The molecule has 0 unspecified atom stereocenters. The van der Waals surface area contributed by atoms with Crippen LogP contribution in [0.1, 0.15) is 15.9 Å². The molecule has 3 rings (SSSR count). The molecule has 1 heterocycles. The van der Waals surface area contributed by atoms with Crippen LogP contribution in [0.4, 0.5) is 4.39 Å². The van der Waals surface area contributed by atoms with Gasteiger partial charge in [-0.25, -0.2) is 14.2 Å². The highest BCUT2D eigenvalue weighted by Crippen LogP contribution is 2.11. The van der Waals surface area contributed by atoms with E-state index in [2.05, 4.69) is 4.98 Å². The van der Waals surface area contributed by atoms with Crippen LogP contribution in [-0.4, -0.2) is 20.6 Å². The molecular formula is C16H11FN2O3. The topological polar surface area (TPSA) is 72.2 Å². The zero-order valence-electron chi connectivity index (χ0n) is 11.4. The van der Waals surface area contributed by atoms with Crippen LogP contribution in [0.25, 0.3) is 10.9 Å². The van der Waals surface area contributed by atoms with E-state index in [0.717, 1.165) is 5.56 Å². The maximum atomic E-state index is 12.9. The van der Waals surface area contributed by atoms with E-state index in [1.807, 2.05) is 0 Å². The number of halogens is 1. The third kappa shape index (κ3) is 2.58. The monoisotopic (exact) mass is 298 g/mol. The molecule has 0 aliphatic heterocycles. The standard InChI is InChI=1S/C16H11FN2O3/c17-12-4-1-10(2-5-12)8-19-9-18-14-7-11(16(21)22)3-6-13(14)15(19)20/h1-7,9H,8H2,(H,21,22). The van der Waals surface area contributed by atoms with Crippen LogP contribution >= 0.6 is 0 Å². The Kier molecular flexibility index (Phi) is 3.42. The molecule has 0 amide bonds. The van der Waals surface area contributed by atoms with Crippen molar-refractivity contribution in [1.82, 2.24) is 9.55 Å². The number of hydrogen-bond donors (Lipinski definition) is 1. The van der Waals surface area contributed by atoms with E-state index < -0.39 is 5.97 Å². The second kappa shape index (κ2) is 5.40. The first-order valence-electron chi connectivity index (χ1n) is 6.51. The second-order valence-electron chi connectivity index (χ2n) is 4.84. The average Bonchev–Trinajstić information content (AvgIpc) is 2.52. The van der Waals surface area contributed by atoms with Gasteiger partial charge in [0.25, 0.3) is 5.56 Å².